The Bertz CT molecular complexity index is 276. The van der Waals surface area contributed by atoms with Crippen molar-refractivity contribution in [2.75, 3.05) is 12.1 Å². The van der Waals surface area contributed by atoms with E-state index in [4.69, 9.17) is 17.4 Å². The molecule has 4 heteroatoms. The summed E-state index contributed by atoms with van der Waals surface area (Å²) in [6.45, 7) is 0. The number of hydrogen-bond acceptors (Lipinski definition) is 2. The summed E-state index contributed by atoms with van der Waals surface area (Å²) in [6, 6.07) is 5.67. The second-order valence-corrected chi connectivity index (χ2v) is 3.45. The van der Waals surface area contributed by atoms with Crippen LogP contribution in [0.3, 0.4) is 0 Å². The van der Waals surface area contributed by atoms with Gasteiger partial charge in [0.1, 0.15) is 0 Å². The lowest BCUT2D eigenvalue weighted by molar-refractivity contribution is 1.01. The van der Waals surface area contributed by atoms with E-state index in [1.54, 1.807) is 12.1 Å². The molecule has 0 heterocycles. The number of halogens is 2. The summed E-state index contributed by atoms with van der Waals surface area (Å²) in [4.78, 5) is 0. The summed E-state index contributed by atoms with van der Waals surface area (Å²) in [7, 11) is 1.79. The molecule has 1 aromatic rings. The fourth-order valence-corrected chi connectivity index (χ4v) is 2.00. The number of alkyl halides is 1. The van der Waals surface area contributed by atoms with Crippen LogP contribution in [0.25, 0.3) is 0 Å². The number of anilines is 1. The summed E-state index contributed by atoms with van der Waals surface area (Å²) in [5.74, 6) is 5.61. The van der Waals surface area contributed by atoms with Crippen molar-refractivity contribution in [2.24, 2.45) is 5.84 Å². The topological polar surface area (TPSA) is 29.3 Å². The molecule has 1 rings (SSSR count). The Hall–Kier alpha value is -0.250. The van der Waals surface area contributed by atoms with Gasteiger partial charge in [-0.1, -0.05) is 33.6 Å². The van der Waals surface area contributed by atoms with Gasteiger partial charge in [0.05, 0.1) is 5.69 Å². The first-order valence-corrected chi connectivity index (χ1v) is 4.98. The molecule has 0 aliphatic carbocycles. The highest BCUT2D eigenvalue weighted by atomic mass is 79.9. The average molecular weight is 250 g/mol. The molecule has 0 aromatic heterocycles. The predicted octanol–water partition coefficient (Wildman–Crippen LogP) is 2.54. The third-order valence-corrected chi connectivity index (χ3v) is 2.52. The van der Waals surface area contributed by atoms with Crippen molar-refractivity contribution in [3.8, 4) is 0 Å². The van der Waals surface area contributed by atoms with Gasteiger partial charge in [-0.2, -0.15) is 0 Å². The number of hydrazine groups is 1. The van der Waals surface area contributed by atoms with Gasteiger partial charge in [0, 0.05) is 23.0 Å². The Morgan fingerprint density at radius 3 is 2.67 bits per heavy atom. The normalized spacial score (nSPS) is 10.0. The van der Waals surface area contributed by atoms with E-state index in [2.05, 4.69) is 15.9 Å². The smallest absolute Gasteiger partial charge is 0.0569 e. The number of rotatable bonds is 2. The van der Waals surface area contributed by atoms with Gasteiger partial charge in [0.15, 0.2) is 0 Å². The van der Waals surface area contributed by atoms with Crippen LogP contribution in [0.2, 0.25) is 5.02 Å². The van der Waals surface area contributed by atoms with E-state index in [0.717, 1.165) is 16.3 Å². The lowest BCUT2D eigenvalue weighted by atomic mass is 10.2. The van der Waals surface area contributed by atoms with Crippen LogP contribution in [-0.2, 0) is 5.33 Å². The second kappa shape index (κ2) is 4.12. The zero-order chi connectivity index (χ0) is 9.14. The summed E-state index contributed by atoms with van der Waals surface area (Å²) in [5, 5.41) is 3.01. The SMILES string of the molecule is CN(N)c1cccc(Cl)c1CBr. The summed E-state index contributed by atoms with van der Waals surface area (Å²) in [5.41, 5.74) is 1.96. The van der Waals surface area contributed by atoms with E-state index in [0.29, 0.717) is 5.33 Å². The molecule has 0 aliphatic rings. The van der Waals surface area contributed by atoms with Crippen LogP contribution in [0.1, 0.15) is 5.56 Å². The second-order valence-electron chi connectivity index (χ2n) is 2.48. The Morgan fingerprint density at radius 2 is 2.25 bits per heavy atom. The molecular formula is C8H10BrClN2. The minimum Gasteiger partial charge on any atom is -0.314 e. The van der Waals surface area contributed by atoms with Crippen molar-refractivity contribution in [3.63, 3.8) is 0 Å². The molecule has 0 atom stereocenters. The molecule has 12 heavy (non-hydrogen) atoms. The third kappa shape index (κ3) is 1.91. The molecule has 0 amide bonds. The van der Waals surface area contributed by atoms with Gasteiger partial charge in [-0.05, 0) is 12.1 Å². The lowest BCUT2D eigenvalue weighted by Crippen LogP contribution is -2.26. The van der Waals surface area contributed by atoms with Crippen molar-refractivity contribution in [1.82, 2.24) is 0 Å². The summed E-state index contributed by atoms with van der Waals surface area (Å²) >= 11 is 9.32. The van der Waals surface area contributed by atoms with Crippen LogP contribution in [0, 0.1) is 0 Å². The van der Waals surface area contributed by atoms with E-state index >= 15 is 0 Å². The van der Waals surface area contributed by atoms with Gasteiger partial charge in [-0.25, -0.2) is 5.84 Å². The first kappa shape index (κ1) is 9.84. The zero-order valence-corrected chi connectivity index (χ0v) is 9.06. The maximum atomic E-state index is 5.96. The fraction of sp³-hybridized carbons (Fsp3) is 0.250. The van der Waals surface area contributed by atoms with E-state index in [-0.39, 0.29) is 0 Å². The quantitative estimate of drug-likeness (QED) is 0.496. The molecule has 66 valence electrons. The minimum atomic E-state index is 0.712. The monoisotopic (exact) mass is 248 g/mol. The molecule has 0 saturated carbocycles. The molecule has 2 N–H and O–H groups in total. The van der Waals surface area contributed by atoms with Crippen LogP contribution in [0.15, 0.2) is 18.2 Å². The van der Waals surface area contributed by atoms with Crippen molar-refractivity contribution in [2.45, 2.75) is 5.33 Å². The van der Waals surface area contributed by atoms with Gasteiger partial charge >= 0.3 is 0 Å². The van der Waals surface area contributed by atoms with Gasteiger partial charge in [0.2, 0.25) is 0 Å². The highest BCUT2D eigenvalue weighted by Crippen LogP contribution is 2.27. The molecule has 0 saturated heterocycles. The van der Waals surface area contributed by atoms with Gasteiger partial charge in [-0.3, -0.25) is 0 Å². The molecule has 0 aliphatic heterocycles. The van der Waals surface area contributed by atoms with Gasteiger partial charge in [-0.15, -0.1) is 0 Å². The largest absolute Gasteiger partial charge is 0.314 e. The standard InChI is InChI=1S/C8H10BrClN2/c1-12(11)8-4-2-3-7(10)6(8)5-9/h2-4H,5,11H2,1H3. The Kier molecular flexibility index (Phi) is 3.38. The van der Waals surface area contributed by atoms with Crippen LogP contribution in [0.4, 0.5) is 5.69 Å². The molecule has 0 fully saturated rings. The Labute approximate surface area is 85.4 Å². The van der Waals surface area contributed by atoms with Crippen molar-refractivity contribution in [3.05, 3.63) is 28.8 Å². The highest BCUT2D eigenvalue weighted by molar-refractivity contribution is 9.08. The van der Waals surface area contributed by atoms with E-state index in [1.165, 1.54) is 0 Å². The van der Waals surface area contributed by atoms with E-state index in [9.17, 15) is 0 Å². The van der Waals surface area contributed by atoms with Crippen LogP contribution < -0.4 is 10.9 Å². The van der Waals surface area contributed by atoms with Crippen LogP contribution in [0.5, 0.6) is 0 Å². The van der Waals surface area contributed by atoms with E-state index < -0.39 is 0 Å². The minimum absolute atomic E-state index is 0.712. The van der Waals surface area contributed by atoms with Crippen molar-refractivity contribution < 1.29 is 0 Å². The Balaban J connectivity index is 3.18. The molecule has 0 spiro atoms. The Morgan fingerprint density at radius 1 is 1.58 bits per heavy atom. The third-order valence-electron chi connectivity index (χ3n) is 1.61. The van der Waals surface area contributed by atoms with Crippen molar-refractivity contribution in [1.29, 1.82) is 0 Å². The molecule has 0 radical (unpaired) electrons. The fourth-order valence-electron chi connectivity index (χ4n) is 1.01. The van der Waals surface area contributed by atoms with Crippen LogP contribution >= 0.6 is 27.5 Å². The molecular weight excluding hydrogens is 239 g/mol. The number of nitrogens with two attached hydrogens (primary N) is 1. The average Bonchev–Trinajstić information content (AvgIpc) is 2.03. The number of hydrogen-bond donors (Lipinski definition) is 1. The van der Waals surface area contributed by atoms with Crippen molar-refractivity contribution >= 4 is 33.2 Å². The van der Waals surface area contributed by atoms with E-state index in [1.807, 2.05) is 18.2 Å². The number of nitrogens with zero attached hydrogens (tertiary/aromatic N) is 1. The maximum absolute atomic E-state index is 5.96. The first-order chi connectivity index (χ1) is 5.66. The number of benzene rings is 1. The molecule has 0 bridgehead atoms. The molecule has 0 unspecified atom stereocenters. The highest BCUT2D eigenvalue weighted by Gasteiger charge is 2.06. The predicted molar refractivity (Wildman–Crippen MR) is 56.7 cm³/mol. The summed E-state index contributed by atoms with van der Waals surface area (Å²) < 4.78 is 0. The molecule has 2 nitrogen and oxygen atoms in total. The summed E-state index contributed by atoms with van der Waals surface area (Å²) in [6.07, 6.45) is 0. The zero-order valence-electron chi connectivity index (χ0n) is 6.72. The van der Waals surface area contributed by atoms with Crippen LogP contribution in [-0.4, -0.2) is 7.05 Å². The lowest BCUT2D eigenvalue weighted by Gasteiger charge is -2.16. The first-order valence-electron chi connectivity index (χ1n) is 3.48. The maximum Gasteiger partial charge on any atom is 0.0569 e. The molecule has 1 aromatic carbocycles. The van der Waals surface area contributed by atoms with Gasteiger partial charge < -0.3 is 5.01 Å². The van der Waals surface area contributed by atoms with Gasteiger partial charge in [0.25, 0.3) is 0 Å².